The standard InChI is InChI=1S/C23H28N4O3/c24-13-7-16-27(19-8-2-1-3-9-19)23(29)12-11-22(28)25-18-20(21-10-6-17-30-21)26-14-4-5-15-26/h1-3,6,8-10,17,20H,4-5,7,11-12,14-16,18H2,(H,25,28). The van der Waals surface area contributed by atoms with E-state index in [1.807, 2.05) is 42.5 Å². The van der Waals surface area contributed by atoms with Gasteiger partial charge in [-0.2, -0.15) is 5.26 Å². The zero-order chi connectivity index (χ0) is 21.2. The lowest BCUT2D eigenvalue weighted by atomic mass is 10.1. The van der Waals surface area contributed by atoms with Crippen LogP contribution in [0.5, 0.6) is 0 Å². The number of anilines is 1. The molecule has 2 aromatic rings. The minimum atomic E-state index is -0.160. The molecule has 158 valence electrons. The monoisotopic (exact) mass is 408 g/mol. The number of nitrogens with zero attached hydrogens (tertiary/aromatic N) is 3. The summed E-state index contributed by atoms with van der Waals surface area (Å²) < 4.78 is 5.58. The van der Waals surface area contributed by atoms with Crippen LogP contribution in [0.1, 0.15) is 43.9 Å². The average Bonchev–Trinajstić information content (AvgIpc) is 3.48. The van der Waals surface area contributed by atoms with Gasteiger partial charge in [-0.3, -0.25) is 14.5 Å². The highest BCUT2D eigenvalue weighted by atomic mass is 16.3. The minimum absolute atomic E-state index is 0.0126. The first-order chi connectivity index (χ1) is 14.7. The third-order valence-electron chi connectivity index (χ3n) is 5.33. The van der Waals surface area contributed by atoms with Crippen LogP contribution < -0.4 is 10.2 Å². The predicted octanol–water partition coefficient (Wildman–Crippen LogP) is 3.26. The molecule has 30 heavy (non-hydrogen) atoms. The van der Waals surface area contributed by atoms with E-state index in [-0.39, 0.29) is 37.1 Å². The summed E-state index contributed by atoms with van der Waals surface area (Å²) in [6, 6.07) is 15.1. The Bertz CT molecular complexity index is 839. The largest absolute Gasteiger partial charge is 0.468 e. The summed E-state index contributed by atoms with van der Waals surface area (Å²) in [4.78, 5) is 29.0. The van der Waals surface area contributed by atoms with Crippen LogP contribution in [0, 0.1) is 11.3 Å². The lowest BCUT2D eigenvalue weighted by Crippen LogP contribution is -2.37. The van der Waals surface area contributed by atoms with Gasteiger partial charge in [0.25, 0.3) is 0 Å². The molecular formula is C23H28N4O3. The Morgan fingerprint density at radius 3 is 2.57 bits per heavy atom. The molecule has 1 unspecified atom stereocenters. The van der Waals surface area contributed by atoms with Crippen molar-refractivity contribution in [1.29, 1.82) is 5.26 Å². The first kappa shape index (κ1) is 21.6. The van der Waals surface area contributed by atoms with Gasteiger partial charge in [0.2, 0.25) is 11.8 Å². The predicted molar refractivity (Wildman–Crippen MR) is 114 cm³/mol. The molecule has 1 aromatic carbocycles. The summed E-state index contributed by atoms with van der Waals surface area (Å²) >= 11 is 0. The van der Waals surface area contributed by atoms with E-state index in [9.17, 15) is 9.59 Å². The van der Waals surface area contributed by atoms with Crippen LogP contribution in [0.15, 0.2) is 53.1 Å². The van der Waals surface area contributed by atoms with Gasteiger partial charge in [-0.1, -0.05) is 18.2 Å². The van der Waals surface area contributed by atoms with E-state index in [4.69, 9.17) is 9.68 Å². The number of amides is 2. The number of nitrogens with one attached hydrogen (secondary N) is 1. The Balaban J connectivity index is 1.52. The normalized spacial score (nSPS) is 14.8. The van der Waals surface area contributed by atoms with E-state index in [0.29, 0.717) is 13.1 Å². The summed E-state index contributed by atoms with van der Waals surface area (Å²) in [5, 5.41) is 11.8. The van der Waals surface area contributed by atoms with E-state index in [1.165, 1.54) is 0 Å². The lowest BCUT2D eigenvalue weighted by molar-refractivity contribution is -0.125. The Hall–Kier alpha value is -3.11. The van der Waals surface area contributed by atoms with Crippen molar-refractivity contribution in [3.8, 4) is 6.07 Å². The average molecular weight is 409 g/mol. The Morgan fingerprint density at radius 1 is 1.13 bits per heavy atom. The van der Waals surface area contributed by atoms with Crippen LogP contribution in [0.2, 0.25) is 0 Å². The molecule has 0 spiro atoms. The number of carbonyl (C=O) groups is 2. The number of nitriles is 1. The molecule has 0 aliphatic carbocycles. The third kappa shape index (κ3) is 5.94. The van der Waals surface area contributed by atoms with Gasteiger partial charge in [0.05, 0.1) is 24.8 Å². The second kappa shape index (κ2) is 11.2. The zero-order valence-electron chi connectivity index (χ0n) is 17.1. The molecule has 7 nitrogen and oxygen atoms in total. The molecule has 0 saturated carbocycles. The van der Waals surface area contributed by atoms with Crippen LogP contribution >= 0.6 is 0 Å². The topological polar surface area (TPSA) is 89.6 Å². The van der Waals surface area contributed by atoms with Crippen molar-refractivity contribution < 1.29 is 14.0 Å². The SMILES string of the molecule is N#CCCN(C(=O)CCC(=O)NCC(c1ccco1)N1CCCC1)c1ccccc1. The van der Waals surface area contributed by atoms with Gasteiger partial charge in [-0.25, -0.2) is 0 Å². The van der Waals surface area contributed by atoms with Crippen LogP contribution in [0.3, 0.4) is 0 Å². The first-order valence-corrected chi connectivity index (χ1v) is 10.5. The number of carbonyl (C=O) groups excluding carboxylic acids is 2. The van der Waals surface area contributed by atoms with Gasteiger partial charge < -0.3 is 14.6 Å². The molecule has 2 heterocycles. The molecule has 3 rings (SSSR count). The molecule has 0 bridgehead atoms. The number of rotatable bonds is 10. The fourth-order valence-electron chi connectivity index (χ4n) is 3.77. The fraction of sp³-hybridized carbons (Fsp3) is 0.435. The zero-order valence-corrected chi connectivity index (χ0v) is 17.1. The molecule has 2 amide bonds. The fourth-order valence-corrected chi connectivity index (χ4v) is 3.77. The Labute approximate surface area is 177 Å². The molecule has 1 aliphatic rings. The van der Waals surface area contributed by atoms with Crippen molar-refractivity contribution >= 4 is 17.5 Å². The first-order valence-electron chi connectivity index (χ1n) is 10.5. The molecule has 0 radical (unpaired) electrons. The lowest BCUT2D eigenvalue weighted by Gasteiger charge is -2.26. The van der Waals surface area contributed by atoms with E-state index >= 15 is 0 Å². The van der Waals surface area contributed by atoms with E-state index in [0.717, 1.165) is 37.4 Å². The highest BCUT2D eigenvalue weighted by Gasteiger charge is 2.26. The Morgan fingerprint density at radius 2 is 1.90 bits per heavy atom. The summed E-state index contributed by atoms with van der Waals surface area (Å²) in [7, 11) is 0. The van der Waals surface area contributed by atoms with Crippen molar-refractivity contribution in [1.82, 2.24) is 10.2 Å². The smallest absolute Gasteiger partial charge is 0.227 e. The Kier molecular flexibility index (Phi) is 8.04. The summed E-state index contributed by atoms with van der Waals surface area (Å²) in [6.45, 7) is 2.75. The number of likely N-dealkylation sites (tertiary alicyclic amines) is 1. The number of furan rings is 1. The highest BCUT2D eigenvalue weighted by molar-refractivity contribution is 5.95. The summed E-state index contributed by atoms with van der Waals surface area (Å²) in [5.74, 6) is 0.529. The number of hydrogen-bond donors (Lipinski definition) is 1. The third-order valence-corrected chi connectivity index (χ3v) is 5.33. The van der Waals surface area contributed by atoms with Gasteiger partial charge in [-0.05, 0) is 50.2 Å². The maximum atomic E-state index is 12.7. The molecular weight excluding hydrogens is 380 g/mol. The van der Waals surface area contributed by atoms with Crippen LogP contribution in [0.25, 0.3) is 0 Å². The van der Waals surface area contributed by atoms with Crippen molar-refractivity contribution in [2.75, 3.05) is 31.1 Å². The molecule has 1 atom stereocenters. The van der Waals surface area contributed by atoms with Gasteiger partial charge >= 0.3 is 0 Å². The molecule has 1 N–H and O–H groups in total. The molecule has 1 aliphatic heterocycles. The molecule has 1 aromatic heterocycles. The number of hydrogen-bond acceptors (Lipinski definition) is 5. The highest BCUT2D eigenvalue weighted by Crippen LogP contribution is 2.25. The van der Waals surface area contributed by atoms with Crippen LogP contribution in [-0.4, -0.2) is 42.9 Å². The minimum Gasteiger partial charge on any atom is -0.468 e. The van der Waals surface area contributed by atoms with Crippen molar-refractivity contribution in [3.05, 3.63) is 54.5 Å². The quantitative estimate of drug-likeness (QED) is 0.652. The molecule has 1 saturated heterocycles. The number of para-hydroxylation sites is 1. The van der Waals surface area contributed by atoms with E-state index < -0.39 is 0 Å². The maximum Gasteiger partial charge on any atom is 0.227 e. The van der Waals surface area contributed by atoms with Crippen LogP contribution in [-0.2, 0) is 9.59 Å². The molecule has 7 heteroatoms. The van der Waals surface area contributed by atoms with Crippen molar-refractivity contribution in [2.24, 2.45) is 0 Å². The van der Waals surface area contributed by atoms with Gasteiger partial charge in [0.15, 0.2) is 0 Å². The summed E-state index contributed by atoms with van der Waals surface area (Å²) in [6.07, 6.45) is 4.40. The van der Waals surface area contributed by atoms with Gasteiger partial charge in [-0.15, -0.1) is 0 Å². The van der Waals surface area contributed by atoms with E-state index in [1.54, 1.807) is 11.2 Å². The summed E-state index contributed by atoms with van der Waals surface area (Å²) in [5.41, 5.74) is 0.741. The van der Waals surface area contributed by atoms with Gasteiger partial charge in [0.1, 0.15) is 5.76 Å². The van der Waals surface area contributed by atoms with Crippen LogP contribution in [0.4, 0.5) is 5.69 Å². The van der Waals surface area contributed by atoms with E-state index in [2.05, 4.69) is 16.3 Å². The van der Waals surface area contributed by atoms with Gasteiger partial charge in [0, 0.05) is 31.6 Å². The van der Waals surface area contributed by atoms with Crippen molar-refractivity contribution in [2.45, 2.75) is 38.1 Å². The maximum absolute atomic E-state index is 12.7. The molecule has 1 fully saturated rings. The van der Waals surface area contributed by atoms with Crippen molar-refractivity contribution in [3.63, 3.8) is 0 Å². The second-order valence-corrected chi connectivity index (χ2v) is 7.37. The second-order valence-electron chi connectivity index (χ2n) is 7.37. The number of benzene rings is 1.